The van der Waals surface area contributed by atoms with E-state index in [1.165, 1.54) is 0 Å². The van der Waals surface area contributed by atoms with Gasteiger partial charge in [-0.25, -0.2) is 4.98 Å². The first-order valence-electron chi connectivity index (χ1n) is 5.78. The van der Waals surface area contributed by atoms with Crippen LogP contribution in [0.4, 0.5) is 5.82 Å². The lowest BCUT2D eigenvalue weighted by Gasteiger charge is -2.36. The van der Waals surface area contributed by atoms with Crippen LogP contribution in [0.15, 0.2) is 12.3 Å². The lowest BCUT2D eigenvalue weighted by molar-refractivity contribution is 0.0722. The highest BCUT2D eigenvalue weighted by atomic mass is 16.5. The summed E-state index contributed by atoms with van der Waals surface area (Å²) in [7, 11) is 0. The van der Waals surface area contributed by atoms with Crippen LogP contribution in [0, 0.1) is 6.92 Å². The Kier molecular flexibility index (Phi) is 3.93. The summed E-state index contributed by atoms with van der Waals surface area (Å²) in [6, 6.07) is 1.89. The van der Waals surface area contributed by atoms with Crippen molar-refractivity contribution in [2.75, 3.05) is 31.3 Å². The Morgan fingerprint density at radius 1 is 1.53 bits per heavy atom. The Morgan fingerprint density at radius 3 is 3.00 bits per heavy atom. The summed E-state index contributed by atoms with van der Waals surface area (Å²) in [5.41, 5.74) is 1.82. The van der Waals surface area contributed by atoms with E-state index >= 15 is 0 Å². The van der Waals surface area contributed by atoms with Gasteiger partial charge in [0.2, 0.25) is 0 Å². The third-order valence-corrected chi connectivity index (χ3v) is 3.00. The third kappa shape index (κ3) is 2.57. The summed E-state index contributed by atoms with van der Waals surface area (Å²) < 4.78 is 5.34. The molecule has 17 heavy (non-hydrogen) atoms. The number of hydrogen-bond donors (Lipinski definition) is 2. The van der Waals surface area contributed by atoms with E-state index in [0.717, 1.165) is 23.5 Å². The van der Waals surface area contributed by atoms with Gasteiger partial charge in [0.05, 0.1) is 32.5 Å². The van der Waals surface area contributed by atoms with Gasteiger partial charge in [0.1, 0.15) is 5.82 Å². The minimum absolute atomic E-state index is 0.000654. The van der Waals surface area contributed by atoms with Gasteiger partial charge >= 0.3 is 0 Å². The lowest BCUT2D eigenvalue weighted by Crippen LogP contribution is -2.48. The Labute approximate surface area is 101 Å². The highest BCUT2D eigenvalue weighted by Crippen LogP contribution is 2.22. The SMILES string of the molecule is Cc1cc(CO)cnc1N1CCOCC1CO. The van der Waals surface area contributed by atoms with Crippen LogP contribution in [0.2, 0.25) is 0 Å². The molecule has 0 aliphatic carbocycles. The van der Waals surface area contributed by atoms with Crippen molar-refractivity contribution in [1.29, 1.82) is 0 Å². The normalized spacial score (nSPS) is 20.6. The molecule has 5 nitrogen and oxygen atoms in total. The summed E-state index contributed by atoms with van der Waals surface area (Å²) in [6.45, 7) is 3.94. The Hall–Kier alpha value is -1.17. The number of aliphatic hydroxyl groups is 2. The standard InChI is InChI=1S/C12H18N2O3/c1-9-4-10(6-15)5-13-12(9)14-2-3-17-8-11(14)7-16/h4-5,11,15-16H,2-3,6-8H2,1H3. The van der Waals surface area contributed by atoms with Crippen molar-refractivity contribution in [3.8, 4) is 0 Å². The molecule has 1 unspecified atom stereocenters. The van der Waals surface area contributed by atoms with E-state index in [4.69, 9.17) is 9.84 Å². The molecule has 0 aromatic carbocycles. The van der Waals surface area contributed by atoms with E-state index in [-0.39, 0.29) is 19.3 Å². The number of rotatable bonds is 3. The minimum Gasteiger partial charge on any atom is -0.394 e. The number of aryl methyl sites for hydroxylation is 1. The number of ether oxygens (including phenoxy) is 1. The second kappa shape index (κ2) is 5.44. The molecular formula is C12H18N2O3. The van der Waals surface area contributed by atoms with E-state index in [9.17, 15) is 5.11 Å². The van der Waals surface area contributed by atoms with Crippen LogP contribution in [0.1, 0.15) is 11.1 Å². The number of aliphatic hydroxyl groups excluding tert-OH is 2. The Balaban J connectivity index is 2.25. The molecule has 0 amide bonds. The fourth-order valence-electron chi connectivity index (χ4n) is 2.10. The van der Waals surface area contributed by atoms with Gasteiger partial charge in [-0.2, -0.15) is 0 Å². The van der Waals surface area contributed by atoms with Gasteiger partial charge < -0.3 is 19.8 Å². The molecule has 1 aromatic heterocycles. The number of hydrogen-bond acceptors (Lipinski definition) is 5. The fraction of sp³-hybridized carbons (Fsp3) is 0.583. The van der Waals surface area contributed by atoms with Crippen molar-refractivity contribution >= 4 is 5.82 Å². The van der Waals surface area contributed by atoms with Crippen LogP contribution in [0.3, 0.4) is 0 Å². The molecule has 1 aliphatic rings. The highest BCUT2D eigenvalue weighted by Gasteiger charge is 2.24. The molecule has 1 aromatic rings. The van der Waals surface area contributed by atoms with E-state index < -0.39 is 0 Å². The third-order valence-electron chi connectivity index (χ3n) is 3.00. The van der Waals surface area contributed by atoms with E-state index in [1.54, 1.807) is 6.20 Å². The molecule has 0 bridgehead atoms. The zero-order chi connectivity index (χ0) is 12.3. The zero-order valence-corrected chi connectivity index (χ0v) is 9.96. The molecular weight excluding hydrogens is 220 g/mol. The van der Waals surface area contributed by atoms with Crippen LogP contribution in [0.5, 0.6) is 0 Å². The van der Waals surface area contributed by atoms with Crippen molar-refractivity contribution in [1.82, 2.24) is 4.98 Å². The summed E-state index contributed by atoms with van der Waals surface area (Å²) in [4.78, 5) is 6.44. The summed E-state index contributed by atoms with van der Waals surface area (Å²) >= 11 is 0. The van der Waals surface area contributed by atoms with Crippen molar-refractivity contribution < 1.29 is 14.9 Å². The maximum absolute atomic E-state index is 9.32. The first-order valence-corrected chi connectivity index (χ1v) is 5.78. The summed E-state index contributed by atoms with van der Waals surface area (Å²) in [6.07, 6.45) is 1.67. The quantitative estimate of drug-likeness (QED) is 0.780. The molecule has 0 saturated carbocycles. The fourth-order valence-corrected chi connectivity index (χ4v) is 2.10. The number of pyridine rings is 1. The molecule has 0 radical (unpaired) electrons. The number of morpholine rings is 1. The molecule has 94 valence electrons. The Morgan fingerprint density at radius 2 is 2.35 bits per heavy atom. The van der Waals surface area contributed by atoms with Crippen LogP contribution >= 0.6 is 0 Å². The molecule has 1 atom stereocenters. The summed E-state index contributed by atoms with van der Waals surface area (Å²) in [5, 5.41) is 18.4. The second-order valence-corrected chi connectivity index (χ2v) is 4.25. The molecule has 2 N–H and O–H groups in total. The zero-order valence-electron chi connectivity index (χ0n) is 9.96. The first-order chi connectivity index (χ1) is 8.26. The van der Waals surface area contributed by atoms with Gasteiger partial charge in [-0.05, 0) is 24.1 Å². The lowest BCUT2D eigenvalue weighted by atomic mass is 10.1. The van der Waals surface area contributed by atoms with E-state index in [2.05, 4.69) is 9.88 Å². The molecule has 1 fully saturated rings. The molecule has 1 aliphatic heterocycles. The molecule has 2 heterocycles. The van der Waals surface area contributed by atoms with Gasteiger partial charge in [0.15, 0.2) is 0 Å². The number of nitrogens with zero attached hydrogens (tertiary/aromatic N) is 2. The maximum Gasteiger partial charge on any atom is 0.131 e. The second-order valence-electron chi connectivity index (χ2n) is 4.25. The van der Waals surface area contributed by atoms with Crippen LogP contribution in [-0.4, -0.2) is 47.6 Å². The smallest absolute Gasteiger partial charge is 0.131 e. The number of anilines is 1. The van der Waals surface area contributed by atoms with Gasteiger partial charge in [-0.3, -0.25) is 0 Å². The maximum atomic E-state index is 9.32. The monoisotopic (exact) mass is 238 g/mol. The van der Waals surface area contributed by atoms with Gasteiger partial charge in [0, 0.05) is 12.7 Å². The van der Waals surface area contributed by atoms with E-state index in [0.29, 0.717) is 13.2 Å². The largest absolute Gasteiger partial charge is 0.394 e. The minimum atomic E-state index is -0.0325. The van der Waals surface area contributed by atoms with E-state index in [1.807, 2.05) is 13.0 Å². The molecule has 1 saturated heterocycles. The van der Waals surface area contributed by atoms with Crippen molar-refractivity contribution in [3.05, 3.63) is 23.4 Å². The van der Waals surface area contributed by atoms with Crippen LogP contribution < -0.4 is 4.90 Å². The van der Waals surface area contributed by atoms with Crippen molar-refractivity contribution in [2.45, 2.75) is 19.6 Å². The Bertz CT molecular complexity index is 384. The summed E-state index contributed by atoms with van der Waals surface area (Å²) in [5.74, 6) is 0.865. The average Bonchev–Trinajstić information content (AvgIpc) is 2.38. The molecule has 2 rings (SSSR count). The van der Waals surface area contributed by atoms with Crippen molar-refractivity contribution in [2.24, 2.45) is 0 Å². The predicted molar refractivity (Wildman–Crippen MR) is 63.9 cm³/mol. The topological polar surface area (TPSA) is 65.8 Å². The predicted octanol–water partition coefficient (Wildman–Crippen LogP) is 0.0798. The highest BCUT2D eigenvalue weighted by molar-refractivity contribution is 5.48. The number of aromatic nitrogens is 1. The first kappa shape index (κ1) is 12.3. The van der Waals surface area contributed by atoms with Crippen LogP contribution in [-0.2, 0) is 11.3 Å². The molecule has 5 heteroatoms. The van der Waals surface area contributed by atoms with Crippen LogP contribution in [0.25, 0.3) is 0 Å². The van der Waals surface area contributed by atoms with Gasteiger partial charge in [-0.15, -0.1) is 0 Å². The van der Waals surface area contributed by atoms with Gasteiger partial charge in [-0.1, -0.05) is 0 Å². The average molecular weight is 238 g/mol. The van der Waals surface area contributed by atoms with Crippen molar-refractivity contribution in [3.63, 3.8) is 0 Å². The van der Waals surface area contributed by atoms with Gasteiger partial charge in [0.25, 0.3) is 0 Å². The molecule has 0 spiro atoms.